The van der Waals surface area contributed by atoms with Crippen LogP contribution in [0.4, 0.5) is 0 Å². The summed E-state index contributed by atoms with van der Waals surface area (Å²) in [7, 11) is 1.83. The fourth-order valence-corrected chi connectivity index (χ4v) is 3.10. The molecule has 19 heavy (non-hydrogen) atoms. The first kappa shape index (κ1) is 12.4. The van der Waals surface area contributed by atoms with Gasteiger partial charge in [-0.05, 0) is 31.6 Å². The van der Waals surface area contributed by atoms with E-state index in [4.69, 9.17) is 4.52 Å². The summed E-state index contributed by atoms with van der Waals surface area (Å²) in [6.07, 6.45) is 5.45. The minimum Gasteiger partial charge on any atom is -0.347 e. The molecule has 1 aromatic heterocycles. The molecule has 0 radical (unpaired) electrons. The van der Waals surface area contributed by atoms with Crippen molar-refractivity contribution >= 4 is 5.96 Å². The van der Waals surface area contributed by atoms with E-state index in [9.17, 15) is 0 Å². The highest BCUT2D eigenvalue weighted by Gasteiger charge is 2.43. The Morgan fingerprint density at radius 2 is 2.32 bits per heavy atom. The molecule has 2 heterocycles. The quantitative estimate of drug-likeness (QED) is 0.644. The van der Waals surface area contributed by atoms with Crippen molar-refractivity contribution in [3.05, 3.63) is 11.7 Å². The van der Waals surface area contributed by atoms with Crippen LogP contribution in [0.25, 0.3) is 0 Å². The minimum absolute atomic E-state index is 0.539. The Kier molecular flexibility index (Phi) is 3.16. The molecule has 0 amide bonds. The van der Waals surface area contributed by atoms with Crippen molar-refractivity contribution < 1.29 is 4.52 Å². The summed E-state index contributed by atoms with van der Waals surface area (Å²) in [5.74, 6) is 2.22. The normalized spacial score (nSPS) is 21.8. The maximum absolute atomic E-state index is 5.10. The Hall–Kier alpha value is -1.59. The third kappa shape index (κ3) is 2.43. The molecule has 1 aliphatic carbocycles. The van der Waals surface area contributed by atoms with Gasteiger partial charge in [0.15, 0.2) is 11.8 Å². The number of aliphatic imine (C=N–C) groups is 1. The van der Waals surface area contributed by atoms with Gasteiger partial charge in [0.2, 0.25) is 5.89 Å². The number of nitrogens with zero attached hydrogens (tertiary/aromatic N) is 4. The predicted molar refractivity (Wildman–Crippen MR) is 71.7 cm³/mol. The van der Waals surface area contributed by atoms with E-state index in [-0.39, 0.29) is 0 Å². The topological polar surface area (TPSA) is 66.5 Å². The average molecular weight is 263 g/mol. The van der Waals surface area contributed by atoms with Gasteiger partial charge in [-0.25, -0.2) is 0 Å². The number of aryl methyl sites for hydroxylation is 1. The molecule has 1 aliphatic heterocycles. The zero-order valence-electron chi connectivity index (χ0n) is 11.6. The van der Waals surface area contributed by atoms with E-state index in [2.05, 4.69) is 25.3 Å². The molecule has 2 fully saturated rings. The van der Waals surface area contributed by atoms with Crippen molar-refractivity contribution in [3.8, 4) is 0 Å². The van der Waals surface area contributed by atoms with Gasteiger partial charge in [-0.2, -0.15) is 4.98 Å². The number of hydrogen-bond acceptors (Lipinski definition) is 4. The van der Waals surface area contributed by atoms with Crippen LogP contribution < -0.4 is 5.32 Å². The van der Waals surface area contributed by atoms with Gasteiger partial charge in [0, 0.05) is 20.1 Å². The lowest BCUT2D eigenvalue weighted by molar-refractivity contribution is 0.151. The van der Waals surface area contributed by atoms with Crippen LogP contribution in [0.5, 0.6) is 0 Å². The molecular weight excluding hydrogens is 242 g/mol. The van der Waals surface area contributed by atoms with Gasteiger partial charge in [0.1, 0.15) is 0 Å². The fraction of sp³-hybridized carbons (Fsp3) is 0.769. The number of likely N-dealkylation sites (tertiary alicyclic amines) is 1. The zero-order valence-corrected chi connectivity index (χ0v) is 11.6. The van der Waals surface area contributed by atoms with E-state index in [1.54, 1.807) is 0 Å². The molecule has 1 aromatic rings. The van der Waals surface area contributed by atoms with Crippen molar-refractivity contribution in [3.63, 3.8) is 0 Å². The second-order valence-electron chi connectivity index (χ2n) is 5.66. The average Bonchev–Trinajstić information content (AvgIpc) is 2.96. The van der Waals surface area contributed by atoms with Gasteiger partial charge >= 0.3 is 0 Å². The van der Waals surface area contributed by atoms with Gasteiger partial charge in [-0.15, -0.1) is 0 Å². The van der Waals surface area contributed by atoms with Crippen LogP contribution in [0, 0.1) is 12.3 Å². The van der Waals surface area contributed by atoms with E-state index < -0.39 is 0 Å². The van der Waals surface area contributed by atoms with Gasteiger partial charge in [-0.3, -0.25) is 4.99 Å². The first-order valence-electron chi connectivity index (χ1n) is 6.96. The summed E-state index contributed by atoms with van der Waals surface area (Å²) < 4.78 is 5.10. The van der Waals surface area contributed by atoms with Crippen molar-refractivity contribution in [1.29, 1.82) is 0 Å². The van der Waals surface area contributed by atoms with Crippen LogP contribution in [-0.4, -0.2) is 41.1 Å². The maximum Gasteiger partial charge on any atom is 0.246 e. The summed E-state index contributed by atoms with van der Waals surface area (Å²) in [5.41, 5.74) is 0.582. The summed E-state index contributed by atoms with van der Waals surface area (Å²) in [4.78, 5) is 10.9. The molecule has 3 rings (SSSR count). The molecule has 0 aromatic carbocycles. The minimum atomic E-state index is 0.539. The lowest BCUT2D eigenvalue weighted by Crippen LogP contribution is -2.42. The smallest absolute Gasteiger partial charge is 0.246 e. The van der Waals surface area contributed by atoms with E-state index >= 15 is 0 Å². The highest BCUT2D eigenvalue weighted by Crippen LogP contribution is 2.47. The highest BCUT2D eigenvalue weighted by molar-refractivity contribution is 5.80. The number of aromatic nitrogens is 2. The van der Waals surface area contributed by atoms with Crippen LogP contribution in [0.3, 0.4) is 0 Å². The van der Waals surface area contributed by atoms with E-state index in [0.29, 0.717) is 23.7 Å². The molecule has 1 N–H and O–H groups in total. The maximum atomic E-state index is 5.10. The Balaban J connectivity index is 1.56. The van der Waals surface area contributed by atoms with Crippen LogP contribution in [0.1, 0.15) is 37.4 Å². The van der Waals surface area contributed by atoms with Crippen LogP contribution in [0.2, 0.25) is 0 Å². The van der Waals surface area contributed by atoms with Crippen molar-refractivity contribution in [2.75, 3.05) is 20.1 Å². The summed E-state index contributed by atoms with van der Waals surface area (Å²) in [6, 6.07) is 0. The number of guanidine groups is 1. The van der Waals surface area contributed by atoms with Crippen LogP contribution >= 0.6 is 0 Å². The lowest BCUT2D eigenvalue weighted by Gasteiger charge is -2.38. The van der Waals surface area contributed by atoms with Gasteiger partial charge in [0.25, 0.3) is 0 Å². The summed E-state index contributed by atoms with van der Waals surface area (Å²) >= 11 is 0. The SMILES string of the molecule is CN=C(NCc1nc(C)no1)N1CCC2(CCC2)C1. The molecule has 6 heteroatoms. The Labute approximate surface area is 113 Å². The van der Waals surface area contributed by atoms with Crippen molar-refractivity contribution in [2.24, 2.45) is 10.4 Å². The molecule has 0 atom stereocenters. The molecule has 2 aliphatic rings. The molecule has 1 saturated carbocycles. The van der Waals surface area contributed by atoms with Gasteiger partial charge in [0.05, 0.1) is 6.54 Å². The summed E-state index contributed by atoms with van der Waals surface area (Å²) in [6.45, 7) is 4.59. The lowest BCUT2D eigenvalue weighted by atomic mass is 9.68. The number of rotatable bonds is 2. The first-order chi connectivity index (χ1) is 9.21. The molecule has 104 valence electrons. The monoisotopic (exact) mass is 263 g/mol. The predicted octanol–water partition coefficient (Wildman–Crippen LogP) is 1.33. The Bertz CT molecular complexity index is 477. The third-order valence-electron chi connectivity index (χ3n) is 4.33. The Morgan fingerprint density at radius 3 is 2.84 bits per heavy atom. The highest BCUT2D eigenvalue weighted by atomic mass is 16.5. The van der Waals surface area contributed by atoms with Crippen LogP contribution in [-0.2, 0) is 6.54 Å². The van der Waals surface area contributed by atoms with Gasteiger partial charge < -0.3 is 14.7 Å². The molecule has 1 saturated heterocycles. The molecule has 1 spiro atoms. The Morgan fingerprint density at radius 1 is 1.47 bits per heavy atom. The third-order valence-corrected chi connectivity index (χ3v) is 4.33. The number of nitrogens with one attached hydrogen (secondary N) is 1. The van der Waals surface area contributed by atoms with E-state index in [1.807, 2.05) is 14.0 Å². The standard InChI is InChI=1S/C13H21N5O/c1-10-16-11(19-17-10)8-15-12(14-2)18-7-6-13(9-18)4-3-5-13/h3-9H2,1-2H3,(H,14,15). The zero-order chi connectivity index (χ0) is 13.3. The van der Waals surface area contributed by atoms with Crippen LogP contribution in [0.15, 0.2) is 9.52 Å². The van der Waals surface area contributed by atoms with Gasteiger partial charge in [-0.1, -0.05) is 11.6 Å². The van der Waals surface area contributed by atoms with E-state index in [1.165, 1.54) is 25.7 Å². The second-order valence-corrected chi connectivity index (χ2v) is 5.66. The summed E-state index contributed by atoms with van der Waals surface area (Å²) in [5, 5.41) is 7.09. The second kappa shape index (κ2) is 4.83. The molecule has 6 nitrogen and oxygen atoms in total. The molecule has 0 bridgehead atoms. The van der Waals surface area contributed by atoms with Crippen molar-refractivity contribution in [2.45, 2.75) is 39.2 Å². The van der Waals surface area contributed by atoms with E-state index in [0.717, 1.165) is 19.0 Å². The van der Waals surface area contributed by atoms with Crippen molar-refractivity contribution in [1.82, 2.24) is 20.4 Å². The number of hydrogen-bond donors (Lipinski definition) is 1. The molecule has 0 unspecified atom stereocenters. The first-order valence-corrected chi connectivity index (χ1v) is 6.96. The fourth-order valence-electron chi connectivity index (χ4n) is 3.10. The largest absolute Gasteiger partial charge is 0.347 e. The molecular formula is C13H21N5O.